The van der Waals surface area contributed by atoms with Gasteiger partial charge in [-0.2, -0.15) is 0 Å². The molecule has 0 bridgehead atoms. The number of hydrogen-bond donors (Lipinski definition) is 1. The minimum Gasteiger partial charge on any atom is -0.497 e. The summed E-state index contributed by atoms with van der Waals surface area (Å²) in [6, 6.07) is 7.28. The lowest BCUT2D eigenvalue weighted by Gasteiger charge is -2.08. The van der Waals surface area contributed by atoms with Gasteiger partial charge in [0.05, 0.1) is 7.11 Å². The Morgan fingerprint density at radius 3 is 2.85 bits per heavy atom. The first kappa shape index (κ1) is 9.59. The first-order chi connectivity index (χ1) is 6.31. The fraction of sp³-hybridized carbons (Fsp3) is 0.200. The van der Waals surface area contributed by atoms with Crippen molar-refractivity contribution >= 4 is 0 Å². The van der Waals surface area contributed by atoms with E-state index in [1.165, 1.54) is 0 Å². The van der Waals surface area contributed by atoms with E-state index in [0.29, 0.717) is 0 Å². The molecule has 0 amide bonds. The van der Waals surface area contributed by atoms with Gasteiger partial charge in [-0.25, -0.2) is 5.90 Å². The molecular weight excluding hydrogens is 166 g/mol. The summed E-state index contributed by atoms with van der Waals surface area (Å²) in [6.07, 6.45) is 4.69. The Hall–Kier alpha value is -1.50. The molecule has 0 aliphatic heterocycles. The molecule has 0 aliphatic carbocycles. The summed E-state index contributed by atoms with van der Waals surface area (Å²) in [7, 11) is 1.59. The minimum atomic E-state index is -0.518. The van der Waals surface area contributed by atoms with Gasteiger partial charge >= 0.3 is 0 Å². The van der Waals surface area contributed by atoms with E-state index in [4.69, 9.17) is 17.1 Å². The Labute approximate surface area is 77.4 Å². The van der Waals surface area contributed by atoms with Crippen LogP contribution in [0, 0.1) is 12.3 Å². The van der Waals surface area contributed by atoms with Gasteiger partial charge in [0, 0.05) is 0 Å². The Kier molecular flexibility index (Phi) is 3.32. The normalized spacial score (nSPS) is 11.8. The predicted octanol–water partition coefficient (Wildman–Crippen LogP) is 1.26. The number of nitrogens with two attached hydrogens (primary N) is 1. The number of terminal acetylenes is 1. The second kappa shape index (κ2) is 4.51. The molecule has 0 aromatic heterocycles. The predicted molar refractivity (Wildman–Crippen MR) is 49.8 cm³/mol. The van der Waals surface area contributed by atoms with E-state index in [1.807, 2.05) is 18.2 Å². The van der Waals surface area contributed by atoms with Gasteiger partial charge in [-0.3, -0.25) is 4.84 Å². The molecule has 0 heterocycles. The molecule has 1 unspecified atom stereocenters. The quantitative estimate of drug-likeness (QED) is 0.558. The molecule has 13 heavy (non-hydrogen) atoms. The SMILES string of the molecule is C#CC(ON)c1cccc(OC)c1. The molecule has 1 aromatic carbocycles. The van der Waals surface area contributed by atoms with Crippen molar-refractivity contribution in [1.29, 1.82) is 0 Å². The van der Waals surface area contributed by atoms with Crippen LogP contribution in [0.2, 0.25) is 0 Å². The zero-order chi connectivity index (χ0) is 9.68. The highest BCUT2D eigenvalue weighted by Crippen LogP contribution is 2.19. The van der Waals surface area contributed by atoms with Crippen molar-refractivity contribution in [3.05, 3.63) is 29.8 Å². The third-order valence-electron chi connectivity index (χ3n) is 1.68. The number of methoxy groups -OCH3 is 1. The summed E-state index contributed by atoms with van der Waals surface area (Å²) < 4.78 is 5.03. The number of rotatable bonds is 3. The molecule has 2 N–H and O–H groups in total. The number of ether oxygens (including phenoxy) is 1. The molecule has 3 heteroatoms. The van der Waals surface area contributed by atoms with E-state index in [9.17, 15) is 0 Å². The van der Waals surface area contributed by atoms with E-state index in [1.54, 1.807) is 13.2 Å². The summed E-state index contributed by atoms with van der Waals surface area (Å²) in [6.45, 7) is 0. The van der Waals surface area contributed by atoms with Crippen molar-refractivity contribution in [2.45, 2.75) is 6.10 Å². The van der Waals surface area contributed by atoms with Crippen molar-refractivity contribution < 1.29 is 9.57 Å². The lowest BCUT2D eigenvalue weighted by atomic mass is 10.1. The van der Waals surface area contributed by atoms with Crippen LogP contribution in [-0.4, -0.2) is 7.11 Å². The van der Waals surface area contributed by atoms with Gasteiger partial charge in [-0.15, -0.1) is 6.42 Å². The standard InChI is InChI=1S/C10H11NO2/c1-3-10(13-11)8-5-4-6-9(7-8)12-2/h1,4-7,10H,11H2,2H3. The molecule has 0 saturated heterocycles. The van der Waals surface area contributed by atoms with Crippen LogP contribution in [0.3, 0.4) is 0 Å². The third kappa shape index (κ3) is 2.22. The molecule has 3 nitrogen and oxygen atoms in total. The first-order valence-corrected chi connectivity index (χ1v) is 3.77. The van der Waals surface area contributed by atoms with Gasteiger partial charge in [-0.05, 0) is 17.7 Å². The summed E-state index contributed by atoms with van der Waals surface area (Å²) in [5, 5.41) is 0. The number of benzene rings is 1. The molecular formula is C10H11NO2. The van der Waals surface area contributed by atoms with Crippen molar-refractivity contribution in [2.24, 2.45) is 5.90 Å². The van der Waals surface area contributed by atoms with Crippen molar-refractivity contribution in [1.82, 2.24) is 0 Å². The molecule has 0 radical (unpaired) electrons. The van der Waals surface area contributed by atoms with Crippen molar-refractivity contribution in [3.8, 4) is 18.1 Å². The maximum Gasteiger partial charge on any atom is 0.164 e. The van der Waals surface area contributed by atoms with Gasteiger partial charge in [0.15, 0.2) is 6.10 Å². The van der Waals surface area contributed by atoms with E-state index < -0.39 is 6.10 Å². The molecule has 1 rings (SSSR count). The maximum atomic E-state index is 5.21. The molecule has 1 atom stereocenters. The molecule has 0 aliphatic rings. The zero-order valence-corrected chi connectivity index (χ0v) is 7.36. The minimum absolute atomic E-state index is 0.518. The van der Waals surface area contributed by atoms with Gasteiger partial charge in [-0.1, -0.05) is 18.1 Å². The van der Waals surface area contributed by atoms with Crippen LogP contribution in [0.5, 0.6) is 5.75 Å². The highest BCUT2D eigenvalue weighted by molar-refractivity contribution is 5.32. The van der Waals surface area contributed by atoms with Gasteiger partial charge in [0.25, 0.3) is 0 Å². The summed E-state index contributed by atoms with van der Waals surface area (Å²) in [5.41, 5.74) is 0.810. The average molecular weight is 177 g/mol. The smallest absolute Gasteiger partial charge is 0.164 e. The van der Waals surface area contributed by atoms with Gasteiger partial charge in [0.1, 0.15) is 5.75 Å². The van der Waals surface area contributed by atoms with Gasteiger partial charge in [0.2, 0.25) is 0 Å². The third-order valence-corrected chi connectivity index (χ3v) is 1.68. The van der Waals surface area contributed by atoms with Crippen LogP contribution in [0.1, 0.15) is 11.7 Å². The lowest BCUT2D eigenvalue weighted by molar-refractivity contribution is 0.0933. The first-order valence-electron chi connectivity index (χ1n) is 3.77. The highest BCUT2D eigenvalue weighted by atomic mass is 16.6. The number of hydrogen-bond acceptors (Lipinski definition) is 3. The average Bonchev–Trinajstić information content (AvgIpc) is 2.20. The van der Waals surface area contributed by atoms with Crippen LogP contribution < -0.4 is 10.6 Å². The second-order valence-electron chi connectivity index (χ2n) is 2.46. The Balaban J connectivity index is 2.94. The van der Waals surface area contributed by atoms with Crippen LogP contribution in [0.4, 0.5) is 0 Å². The van der Waals surface area contributed by atoms with Crippen molar-refractivity contribution in [3.63, 3.8) is 0 Å². The zero-order valence-electron chi connectivity index (χ0n) is 7.36. The maximum absolute atomic E-state index is 5.21. The van der Waals surface area contributed by atoms with Crippen LogP contribution in [0.15, 0.2) is 24.3 Å². The lowest BCUT2D eigenvalue weighted by Crippen LogP contribution is -2.06. The van der Waals surface area contributed by atoms with Crippen LogP contribution in [0.25, 0.3) is 0 Å². The highest BCUT2D eigenvalue weighted by Gasteiger charge is 2.07. The van der Waals surface area contributed by atoms with E-state index in [2.05, 4.69) is 10.8 Å². The molecule has 0 saturated carbocycles. The van der Waals surface area contributed by atoms with Crippen molar-refractivity contribution in [2.75, 3.05) is 7.11 Å². The van der Waals surface area contributed by atoms with Crippen LogP contribution >= 0.6 is 0 Å². The van der Waals surface area contributed by atoms with E-state index >= 15 is 0 Å². The summed E-state index contributed by atoms with van der Waals surface area (Å²) in [4.78, 5) is 4.59. The summed E-state index contributed by atoms with van der Waals surface area (Å²) in [5.74, 6) is 8.17. The fourth-order valence-corrected chi connectivity index (χ4v) is 1.02. The molecule has 68 valence electrons. The topological polar surface area (TPSA) is 44.5 Å². The fourth-order valence-electron chi connectivity index (χ4n) is 1.02. The monoisotopic (exact) mass is 177 g/mol. The Morgan fingerprint density at radius 1 is 1.54 bits per heavy atom. The largest absolute Gasteiger partial charge is 0.497 e. The van der Waals surface area contributed by atoms with Crippen LogP contribution in [-0.2, 0) is 4.84 Å². The molecule has 0 spiro atoms. The second-order valence-corrected chi connectivity index (χ2v) is 2.46. The Bertz CT molecular complexity index is 317. The molecule has 0 fully saturated rings. The van der Waals surface area contributed by atoms with E-state index in [0.717, 1.165) is 11.3 Å². The molecule has 1 aromatic rings. The Morgan fingerprint density at radius 2 is 2.31 bits per heavy atom. The van der Waals surface area contributed by atoms with Gasteiger partial charge < -0.3 is 4.74 Å². The summed E-state index contributed by atoms with van der Waals surface area (Å²) >= 11 is 0. The van der Waals surface area contributed by atoms with E-state index in [-0.39, 0.29) is 0 Å².